The number of nitrogen functional groups attached to an aromatic ring is 1. The van der Waals surface area contributed by atoms with Crippen LogP contribution in [0.3, 0.4) is 0 Å². The van der Waals surface area contributed by atoms with Crippen LogP contribution in [0.5, 0.6) is 5.75 Å². The second-order valence-corrected chi connectivity index (χ2v) is 4.39. The van der Waals surface area contributed by atoms with E-state index in [4.69, 9.17) is 22.1 Å². The van der Waals surface area contributed by atoms with Gasteiger partial charge in [0.15, 0.2) is 5.82 Å². The van der Waals surface area contributed by atoms with E-state index in [0.717, 1.165) is 16.7 Å². The Hall–Kier alpha value is -2.27. The topological polar surface area (TPSA) is 66.0 Å². The summed E-state index contributed by atoms with van der Waals surface area (Å²) < 4.78 is 7.19. The fourth-order valence-electron chi connectivity index (χ4n) is 2.04. The van der Waals surface area contributed by atoms with Crippen LogP contribution in [-0.2, 0) is 0 Å². The zero-order valence-electron chi connectivity index (χ0n) is 10.2. The average Bonchev–Trinajstić information content (AvgIpc) is 2.85. The third-order valence-electron chi connectivity index (χ3n) is 2.89. The van der Waals surface area contributed by atoms with Crippen molar-refractivity contribution < 1.29 is 4.74 Å². The number of methoxy groups -OCH3 is 1. The number of aromatic nitrogens is 3. The van der Waals surface area contributed by atoms with E-state index in [1.165, 1.54) is 6.20 Å². The second-order valence-electron chi connectivity index (χ2n) is 3.98. The number of ether oxygens (including phenoxy) is 1. The Morgan fingerprint density at radius 3 is 2.95 bits per heavy atom. The third kappa shape index (κ3) is 1.88. The van der Waals surface area contributed by atoms with Crippen LogP contribution >= 0.6 is 11.6 Å². The average molecular weight is 275 g/mol. The van der Waals surface area contributed by atoms with Crippen molar-refractivity contribution in [2.24, 2.45) is 0 Å². The number of fused-ring (bicyclic) bond motifs is 1. The van der Waals surface area contributed by atoms with Gasteiger partial charge in [-0.1, -0.05) is 17.7 Å². The van der Waals surface area contributed by atoms with Crippen LogP contribution in [0.15, 0.2) is 36.7 Å². The minimum atomic E-state index is 0.184. The Bertz CT molecular complexity index is 753. The first kappa shape index (κ1) is 11.8. The number of halogens is 1. The van der Waals surface area contributed by atoms with Gasteiger partial charge >= 0.3 is 0 Å². The summed E-state index contributed by atoms with van der Waals surface area (Å²) in [6.45, 7) is 0. The molecule has 0 saturated heterocycles. The molecule has 3 rings (SSSR count). The zero-order valence-corrected chi connectivity index (χ0v) is 10.9. The first-order valence-corrected chi connectivity index (χ1v) is 6.01. The van der Waals surface area contributed by atoms with Gasteiger partial charge in [0.25, 0.3) is 0 Å². The molecule has 0 spiro atoms. The zero-order chi connectivity index (χ0) is 13.4. The Morgan fingerprint density at radius 2 is 2.16 bits per heavy atom. The lowest BCUT2D eigenvalue weighted by molar-refractivity contribution is 0.420. The van der Waals surface area contributed by atoms with E-state index in [-0.39, 0.29) is 5.95 Å². The van der Waals surface area contributed by atoms with Gasteiger partial charge in [0.05, 0.1) is 18.8 Å². The van der Waals surface area contributed by atoms with E-state index in [0.29, 0.717) is 10.8 Å². The molecule has 0 unspecified atom stereocenters. The van der Waals surface area contributed by atoms with Crippen molar-refractivity contribution >= 4 is 28.5 Å². The van der Waals surface area contributed by atoms with Gasteiger partial charge in [0, 0.05) is 11.6 Å². The smallest absolute Gasteiger partial charge is 0.222 e. The fraction of sp³-hybridized carbons (Fsp3) is 0.0769. The number of hydrogen-bond acceptors (Lipinski definition) is 4. The summed E-state index contributed by atoms with van der Waals surface area (Å²) in [4.78, 5) is 8.04. The highest BCUT2D eigenvalue weighted by Gasteiger charge is 2.11. The lowest BCUT2D eigenvalue weighted by atomic mass is 10.2. The summed E-state index contributed by atoms with van der Waals surface area (Å²) in [6, 6.07) is 7.73. The van der Waals surface area contributed by atoms with Crippen molar-refractivity contribution in [1.82, 2.24) is 14.5 Å². The molecule has 2 N–H and O–H groups in total. The van der Waals surface area contributed by atoms with Crippen molar-refractivity contribution in [2.45, 2.75) is 0 Å². The summed E-state index contributed by atoms with van der Waals surface area (Å²) in [5, 5.41) is 1.42. The Balaban J connectivity index is 2.29. The Kier molecular flexibility index (Phi) is 2.76. The number of nitrogens with two attached hydrogens (primary N) is 1. The number of nitrogens with zero attached hydrogens (tertiary/aromatic N) is 3. The predicted octanol–water partition coefficient (Wildman–Crippen LogP) is 2.66. The van der Waals surface area contributed by atoms with Crippen LogP contribution in [-0.4, -0.2) is 21.6 Å². The Labute approximate surface area is 114 Å². The molecule has 0 bridgehead atoms. The first-order valence-electron chi connectivity index (χ1n) is 5.63. The van der Waals surface area contributed by atoms with E-state index in [2.05, 4.69) is 9.97 Å². The molecule has 0 aliphatic rings. The van der Waals surface area contributed by atoms with Crippen LogP contribution in [0.25, 0.3) is 16.7 Å². The van der Waals surface area contributed by atoms with Gasteiger partial charge in [0.1, 0.15) is 10.8 Å². The van der Waals surface area contributed by atoms with Gasteiger partial charge in [-0.05, 0) is 18.2 Å². The highest BCUT2D eigenvalue weighted by molar-refractivity contribution is 6.32. The van der Waals surface area contributed by atoms with Crippen molar-refractivity contribution in [1.29, 1.82) is 0 Å². The van der Waals surface area contributed by atoms with Crippen molar-refractivity contribution in [3.05, 3.63) is 41.7 Å². The third-order valence-corrected chi connectivity index (χ3v) is 3.15. The lowest BCUT2D eigenvalue weighted by Gasteiger charge is -2.07. The molecular formula is C13H11ClN4O. The van der Waals surface area contributed by atoms with Gasteiger partial charge < -0.3 is 10.5 Å². The molecule has 0 saturated carbocycles. The summed E-state index contributed by atoms with van der Waals surface area (Å²) >= 11 is 6.13. The van der Waals surface area contributed by atoms with Crippen molar-refractivity contribution in [3.63, 3.8) is 0 Å². The van der Waals surface area contributed by atoms with E-state index in [1.54, 1.807) is 7.11 Å². The summed E-state index contributed by atoms with van der Waals surface area (Å²) in [5.74, 6) is 1.54. The summed E-state index contributed by atoms with van der Waals surface area (Å²) in [7, 11) is 1.64. The van der Waals surface area contributed by atoms with Crippen LogP contribution in [0, 0.1) is 0 Å². The van der Waals surface area contributed by atoms with E-state index >= 15 is 0 Å². The van der Waals surface area contributed by atoms with Crippen molar-refractivity contribution in [3.8, 4) is 11.6 Å². The molecule has 96 valence electrons. The van der Waals surface area contributed by atoms with Gasteiger partial charge in [-0.15, -0.1) is 0 Å². The molecule has 0 aliphatic carbocycles. The van der Waals surface area contributed by atoms with Gasteiger partial charge in [-0.25, -0.2) is 4.98 Å². The molecule has 0 radical (unpaired) electrons. The molecule has 2 aromatic heterocycles. The maximum atomic E-state index is 6.13. The molecule has 0 aliphatic heterocycles. The van der Waals surface area contributed by atoms with Crippen LogP contribution < -0.4 is 10.5 Å². The molecule has 0 atom stereocenters. The Morgan fingerprint density at radius 1 is 1.32 bits per heavy atom. The predicted molar refractivity (Wildman–Crippen MR) is 74.8 cm³/mol. The molecule has 0 amide bonds. The molecule has 1 aromatic carbocycles. The minimum absolute atomic E-state index is 0.184. The maximum absolute atomic E-state index is 6.13. The number of benzene rings is 1. The van der Waals surface area contributed by atoms with Crippen LogP contribution in [0.4, 0.5) is 5.95 Å². The first-order chi connectivity index (χ1) is 9.20. The summed E-state index contributed by atoms with van der Waals surface area (Å²) in [5.41, 5.74) is 6.56. The molecule has 19 heavy (non-hydrogen) atoms. The molecule has 2 heterocycles. The van der Waals surface area contributed by atoms with E-state index in [1.807, 2.05) is 35.0 Å². The number of hydrogen-bond donors (Lipinski definition) is 1. The number of anilines is 1. The lowest BCUT2D eigenvalue weighted by Crippen LogP contribution is -2.02. The van der Waals surface area contributed by atoms with E-state index < -0.39 is 0 Å². The van der Waals surface area contributed by atoms with Gasteiger partial charge in [-0.3, -0.25) is 4.57 Å². The SMILES string of the molecule is COc1cccc2c1ccn2-c1nc(N)ncc1Cl. The minimum Gasteiger partial charge on any atom is -0.496 e. The number of rotatable bonds is 2. The maximum Gasteiger partial charge on any atom is 0.222 e. The van der Waals surface area contributed by atoms with Crippen molar-refractivity contribution in [2.75, 3.05) is 12.8 Å². The molecular weight excluding hydrogens is 264 g/mol. The molecule has 5 nitrogen and oxygen atoms in total. The highest BCUT2D eigenvalue weighted by atomic mass is 35.5. The summed E-state index contributed by atoms with van der Waals surface area (Å²) in [6.07, 6.45) is 3.37. The van der Waals surface area contributed by atoms with Gasteiger partial charge in [0.2, 0.25) is 5.95 Å². The second kappa shape index (κ2) is 4.44. The van der Waals surface area contributed by atoms with Gasteiger partial charge in [-0.2, -0.15) is 4.98 Å². The van der Waals surface area contributed by atoms with Crippen LogP contribution in [0.2, 0.25) is 5.02 Å². The standard InChI is InChI=1S/C13H11ClN4O/c1-19-11-4-2-3-10-8(11)5-6-18(10)12-9(14)7-16-13(15)17-12/h2-7H,1H3,(H2,15,16,17). The molecule has 3 aromatic rings. The normalized spacial score (nSPS) is 10.8. The quantitative estimate of drug-likeness (QED) is 0.780. The molecule has 6 heteroatoms. The van der Waals surface area contributed by atoms with Crippen LogP contribution in [0.1, 0.15) is 0 Å². The monoisotopic (exact) mass is 274 g/mol. The fourth-order valence-corrected chi connectivity index (χ4v) is 2.22. The largest absolute Gasteiger partial charge is 0.496 e. The van der Waals surface area contributed by atoms with E-state index in [9.17, 15) is 0 Å². The molecule has 0 fully saturated rings. The highest BCUT2D eigenvalue weighted by Crippen LogP contribution is 2.29.